The Morgan fingerprint density at radius 3 is 2.86 bits per heavy atom. The number of rotatable bonds is 1. The molecule has 4 heteroatoms. The molecule has 2 heterocycles. The van der Waals surface area contributed by atoms with Crippen LogP contribution >= 0.6 is 0 Å². The number of nitrogens with zero attached hydrogens (tertiary/aromatic N) is 1. The molecule has 0 aliphatic carbocycles. The van der Waals surface area contributed by atoms with Crippen molar-refractivity contribution in [2.24, 2.45) is 0 Å². The molecule has 0 radical (unpaired) electrons. The van der Waals surface area contributed by atoms with Crippen molar-refractivity contribution in [3.63, 3.8) is 0 Å². The maximum Gasteiger partial charge on any atom is 0.410 e. The van der Waals surface area contributed by atoms with Crippen LogP contribution in [0.25, 0.3) is 16.5 Å². The molecule has 4 nitrogen and oxygen atoms in total. The van der Waals surface area contributed by atoms with Gasteiger partial charge >= 0.3 is 6.09 Å². The number of aromatic nitrogens is 1. The standard InChI is InChI=1S/C18H22N2O2/c1-18(2,3)22-17(21)20-11-5-6-13(12-20)14-7-4-8-16-15(14)9-10-19-16/h4,6-10,19H,5,11-12H2,1-3H3. The molecule has 1 aromatic carbocycles. The van der Waals surface area contributed by atoms with Crippen LogP contribution in [0.3, 0.4) is 0 Å². The highest BCUT2D eigenvalue weighted by Gasteiger charge is 2.25. The highest BCUT2D eigenvalue weighted by molar-refractivity contribution is 5.93. The van der Waals surface area contributed by atoms with Crippen molar-refractivity contribution in [1.29, 1.82) is 0 Å². The summed E-state index contributed by atoms with van der Waals surface area (Å²) in [5.74, 6) is 0. The van der Waals surface area contributed by atoms with Gasteiger partial charge in [0.2, 0.25) is 0 Å². The van der Waals surface area contributed by atoms with E-state index in [0.29, 0.717) is 13.1 Å². The van der Waals surface area contributed by atoms with Gasteiger partial charge in [-0.2, -0.15) is 0 Å². The zero-order valence-corrected chi connectivity index (χ0v) is 13.3. The smallest absolute Gasteiger partial charge is 0.410 e. The Morgan fingerprint density at radius 1 is 1.27 bits per heavy atom. The van der Waals surface area contributed by atoms with Crippen LogP contribution < -0.4 is 0 Å². The van der Waals surface area contributed by atoms with E-state index in [4.69, 9.17) is 4.74 Å². The molecule has 0 saturated carbocycles. The molecular formula is C18H22N2O2. The molecule has 0 saturated heterocycles. The second-order valence-electron chi connectivity index (χ2n) is 6.66. The lowest BCUT2D eigenvalue weighted by Gasteiger charge is -2.30. The van der Waals surface area contributed by atoms with Crippen molar-refractivity contribution in [1.82, 2.24) is 9.88 Å². The van der Waals surface area contributed by atoms with E-state index in [9.17, 15) is 4.79 Å². The summed E-state index contributed by atoms with van der Waals surface area (Å²) in [6, 6.07) is 8.30. The zero-order chi connectivity index (χ0) is 15.7. The number of benzene rings is 1. The summed E-state index contributed by atoms with van der Waals surface area (Å²) in [7, 11) is 0. The van der Waals surface area contributed by atoms with Gasteiger partial charge in [-0.3, -0.25) is 0 Å². The average Bonchev–Trinajstić information content (AvgIpc) is 2.94. The molecule has 116 valence electrons. The third-order valence-electron chi connectivity index (χ3n) is 3.74. The van der Waals surface area contributed by atoms with Gasteiger partial charge in [0, 0.05) is 30.2 Å². The van der Waals surface area contributed by atoms with Crippen molar-refractivity contribution in [2.75, 3.05) is 13.1 Å². The summed E-state index contributed by atoms with van der Waals surface area (Å²) >= 11 is 0. The number of ether oxygens (including phenoxy) is 1. The molecule has 2 aromatic rings. The Morgan fingerprint density at radius 2 is 2.09 bits per heavy atom. The van der Waals surface area contributed by atoms with Crippen LogP contribution in [-0.2, 0) is 4.74 Å². The summed E-state index contributed by atoms with van der Waals surface area (Å²) in [5, 5.41) is 1.19. The first-order valence-corrected chi connectivity index (χ1v) is 7.67. The molecule has 3 rings (SSSR count). The number of aromatic amines is 1. The van der Waals surface area contributed by atoms with Gasteiger partial charge in [0.05, 0.1) is 0 Å². The van der Waals surface area contributed by atoms with Crippen LogP contribution in [-0.4, -0.2) is 34.7 Å². The summed E-state index contributed by atoms with van der Waals surface area (Å²) in [6.07, 6.45) is 4.79. The van der Waals surface area contributed by atoms with E-state index in [2.05, 4.69) is 29.3 Å². The third-order valence-corrected chi connectivity index (χ3v) is 3.74. The van der Waals surface area contributed by atoms with E-state index in [1.54, 1.807) is 4.90 Å². The van der Waals surface area contributed by atoms with Gasteiger partial charge in [-0.05, 0) is 50.5 Å². The monoisotopic (exact) mass is 298 g/mol. The fraction of sp³-hybridized carbons (Fsp3) is 0.389. The predicted octanol–water partition coefficient (Wildman–Crippen LogP) is 4.19. The van der Waals surface area contributed by atoms with E-state index < -0.39 is 5.60 Å². The van der Waals surface area contributed by atoms with E-state index in [-0.39, 0.29) is 6.09 Å². The van der Waals surface area contributed by atoms with Crippen molar-refractivity contribution >= 4 is 22.6 Å². The van der Waals surface area contributed by atoms with Gasteiger partial charge in [0.15, 0.2) is 0 Å². The molecule has 0 fully saturated rings. The van der Waals surface area contributed by atoms with Gasteiger partial charge in [0.1, 0.15) is 5.60 Å². The van der Waals surface area contributed by atoms with Crippen molar-refractivity contribution in [3.8, 4) is 0 Å². The lowest BCUT2D eigenvalue weighted by molar-refractivity contribution is 0.0273. The molecule has 1 aliphatic rings. The quantitative estimate of drug-likeness (QED) is 0.858. The second-order valence-corrected chi connectivity index (χ2v) is 6.66. The van der Waals surface area contributed by atoms with Gasteiger partial charge in [-0.25, -0.2) is 4.79 Å². The van der Waals surface area contributed by atoms with Crippen molar-refractivity contribution in [2.45, 2.75) is 32.8 Å². The number of hydrogen-bond acceptors (Lipinski definition) is 2. The first-order chi connectivity index (χ1) is 10.4. The van der Waals surface area contributed by atoms with E-state index in [1.807, 2.05) is 33.0 Å². The van der Waals surface area contributed by atoms with Crippen LogP contribution in [0.1, 0.15) is 32.8 Å². The molecule has 0 bridgehead atoms. The lowest BCUT2D eigenvalue weighted by atomic mass is 9.98. The minimum absolute atomic E-state index is 0.237. The molecule has 0 atom stereocenters. The molecule has 1 N–H and O–H groups in total. The van der Waals surface area contributed by atoms with Gasteiger partial charge in [-0.1, -0.05) is 18.2 Å². The molecule has 1 aliphatic heterocycles. The number of H-pyrrole nitrogens is 1. The zero-order valence-electron chi connectivity index (χ0n) is 13.3. The Balaban J connectivity index is 1.83. The number of nitrogens with one attached hydrogen (secondary N) is 1. The lowest BCUT2D eigenvalue weighted by Crippen LogP contribution is -2.39. The topological polar surface area (TPSA) is 45.3 Å². The highest BCUT2D eigenvalue weighted by atomic mass is 16.6. The van der Waals surface area contributed by atoms with Crippen LogP contribution in [0.15, 0.2) is 36.5 Å². The van der Waals surface area contributed by atoms with Crippen LogP contribution in [0.2, 0.25) is 0 Å². The summed E-state index contributed by atoms with van der Waals surface area (Å²) in [4.78, 5) is 17.3. The predicted molar refractivity (Wildman–Crippen MR) is 88.7 cm³/mol. The number of fused-ring (bicyclic) bond motifs is 1. The van der Waals surface area contributed by atoms with Crippen molar-refractivity contribution in [3.05, 3.63) is 42.1 Å². The minimum Gasteiger partial charge on any atom is -0.444 e. The maximum absolute atomic E-state index is 12.3. The molecule has 22 heavy (non-hydrogen) atoms. The average molecular weight is 298 g/mol. The summed E-state index contributed by atoms with van der Waals surface area (Å²) in [6.45, 7) is 6.99. The van der Waals surface area contributed by atoms with E-state index in [0.717, 1.165) is 11.9 Å². The molecule has 0 unspecified atom stereocenters. The number of amides is 1. The fourth-order valence-corrected chi connectivity index (χ4v) is 2.79. The first-order valence-electron chi connectivity index (χ1n) is 7.67. The molecular weight excluding hydrogens is 276 g/mol. The normalized spacial score (nSPS) is 15.8. The molecule has 0 spiro atoms. The third kappa shape index (κ3) is 3.01. The number of carbonyl (C=O) groups is 1. The van der Waals surface area contributed by atoms with E-state index in [1.165, 1.54) is 16.5 Å². The summed E-state index contributed by atoms with van der Waals surface area (Å²) in [5.41, 5.74) is 3.03. The minimum atomic E-state index is -0.459. The second kappa shape index (κ2) is 5.52. The summed E-state index contributed by atoms with van der Waals surface area (Å²) < 4.78 is 5.49. The maximum atomic E-state index is 12.3. The number of carbonyl (C=O) groups excluding carboxylic acids is 1. The molecule has 1 aromatic heterocycles. The number of hydrogen-bond donors (Lipinski definition) is 1. The molecule has 1 amide bonds. The Labute approximate surface area is 130 Å². The van der Waals surface area contributed by atoms with E-state index >= 15 is 0 Å². The van der Waals surface area contributed by atoms with Gasteiger partial charge < -0.3 is 14.6 Å². The SMILES string of the molecule is CC(C)(C)OC(=O)N1CCC=C(c2cccc3[nH]ccc23)C1. The van der Waals surface area contributed by atoms with Crippen LogP contribution in [0.4, 0.5) is 4.79 Å². The van der Waals surface area contributed by atoms with Crippen LogP contribution in [0.5, 0.6) is 0 Å². The fourth-order valence-electron chi connectivity index (χ4n) is 2.79. The Hall–Kier alpha value is -2.23. The van der Waals surface area contributed by atoms with Crippen molar-refractivity contribution < 1.29 is 9.53 Å². The first kappa shape index (κ1) is 14.7. The van der Waals surface area contributed by atoms with Gasteiger partial charge in [0.25, 0.3) is 0 Å². The Bertz CT molecular complexity index is 722. The highest BCUT2D eigenvalue weighted by Crippen LogP contribution is 2.28. The van der Waals surface area contributed by atoms with Gasteiger partial charge in [-0.15, -0.1) is 0 Å². The largest absolute Gasteiger partial charge is 0.444 e. The van der Waals surface area contributed by atoms with Crippen LogP contribution in [0, 0.1) is 0 Å². The Kier molecular flexibility index (Phi) is 3.69.